The van der Waals surface area contributed by atoms with Gasteiger partial charge in [-0.3, -0.25) is 4.79 Å². The molecule has 0 saturated carbocycles. The van der Waals surface area contributed by atoms with Crippen molar-refractivity contribution in [3.05, 3.63) is 23.9 Å². The number of nitrogens with zero attached hydrogens (tertiary/aromatic N) is 3. The summed E-state index contributed by atoms with van der Waals surface area (Å²) in [6.45, 7) is 8.83. The van der Waals surface area contributed by atoms with Crippen molar-refractivity contribution in [2.24, 2.45) is 5.41 Å². The molecular formula is C17H24N4O3. The van der Waals surface area contributed by atoms with Crippen LogP contribution in [-0.2, 0) is 4.74 Å². The zero-order chi connectivity index (χ0) is 17.5. The Morgan fingerprint density at radius 2 is 1.88 bits per heavy atom. The van der Waals surface area contributed by atoms with Crippen LogP contribution in [0.1, 0.15) is 31.1 Å². The van der Waals surface area contributed by atoms with Gasteiger partial charge in [0.15, 0.2) is 0 Å². The molecule has 1 aromatic rings. The Morgan fingerprint density at radius 1 is 1.21 bits per heavy atom. The molecule has 0 radical (unpaired) electrons. The lowest BCUT2D eigenvalue weighted by molar-refractivity contribution is -0.0454. The lowest BCUT2D eigenvalue weighted by Gasteiger charge is -2.60. The lowest BCUT2D eigenvalue weighted by atomic mass is 9.73. The normalized spacial score (nSPS) is 18.7. The molecule has 0 aliphatic carbocycles. The number of nitrogens with one attached hydrogen (secondary N) is 1. The molecule has 7 nitrogen and oxygen atoms in total. The quantitative estimate of drug-likeness (QED) is 0.888. The van der Waals surface area contributed by atoms with Crippen molar-refractivity contribution in [2.45, 2.75) is 26.4 Å². The molecular weight excluding hydrogens is 308 g/mol. The number of anilines is 1. The van der Waals surface area contributed by atoms with Crippen LogP contribution in [0.5, 0.6) is 0 Å². The molecule has 0 unspecified atom stereocenters. The third-order valence-corrected chi connectivity index (χ3v) is 4.32. The molecule has 2 saturated heterocycles. The van der Waals surface area contributed by atoms with Gasteiger partial charge < -0.3 is 19.9 Å². The highest BCUT2D eigenvalue weighted by molar-refractivity contribution is 5.93. The first kappa shape index (κ1) is 16.5. The largest absolute Gasteiger partial charge is 0.444 e. The Morgan fingerprint density at radius 3 is 2.38 bits per heavy atom. The molecule has 0 atom stereocenters. The third-order valence-electron chi connectivity index (χ3n) is 4.32. The fourth-order valence-corrected chi connectivity index (χ4v) is 3.20. The molecule has 1 spiro atoms. The minimum atomic E-state index is -0.456. The molecule has 2 aliphatic rings. The summed E-state index contributed by atoms with van der Waals surface area (Å²) in [7, 11) is 1.60. The van der Waals surface area contributed by atoms with Crippen LogP contribution >= 0.6 is 0 Å². The van der Waals surface area contributed by atoms with E-state index in [-0.39, 0.29) is 17.4 Å². The number of ether oxygens (including phenoxy) is 1. The van der Waals surface area contributed by atoms with Crippen LogP contribution in [0.15, 0.2) is 18.3 Å². The highest BCUT2D eigenvalue weighted by Crippen LogP contribution is 2.41. The van der Waals surface area contributed by atoms with E-state index < -0.39 is 5.60 Å². The summed E-state index contributed by atoms with van der Waals surface area (Å²) in [5, 5.41) is 2.58. The maximum Gasteiger partial charge on any atom is 0.410 e. The van der Waals surface area contributed by atoms with Gasteiger partial charge >= 0.3 is 6.09 Å². The van der Waals surface area contributed by atoms with Crippen molar-refractivity contribution in [1.82, 2.24) is 15.2 Å². The van der Waals surface area contributed by atoms with Crippen molar-refractivity contribution < 1.29 is 14.3 Å². The van der Waals surface area contributed by atoms with Crippen molar-refractivity contribution in [3.8, 4) is 0 Å². The van der Waals surface area contributed by atoms with E-state index in [4.69, 9.17) is 4.74 Å². The van der Waals surface area contributed by atoms with E-state index in [0.29, 0.717) is 5.56 Å². The summed E-state index contributed by atoms with van der Waals surface area (Å²) in [6.07, 6.45) is 1.35. The number of carbonyl (C=O) groups is 2. The average Bonchev–Trinajstić information content (AvgIpc) is 2.42. The van der Waals surface area contributed by atoms with Crippen molar-refractivity contribution >= 4 is 17.8 Å². The van der Waals surface area contributed by atoms with Gasteiger partial charge in [0.25, 0.3) is 5.91 Å². The molecule has 2 amide bonds. The Balaban J connectivity index is 1.50. The minimum absolute atomic E-state index is 0.138. The first-order valence-corrected chi connectivity index (χ1v) is 8.12. The predicted molar refractivity (Wildman–Crippen MR) is 90.1 cm³/mol. The molecule has 1 N–H and O–H groups in total. The molecule has 2 aliphatic heterocycles. The summed E-state index contributed by atoms with van der Waals surface area (Å²) in [6, 6.07) is 3.64. The van der Waals surface area contributed by atoms with Crippen LogP contribution in [0.4, 0.5) is 10.6 Å². The fraction of sp³-hybridized carbons (Fsp3) is 0.588. The van der Waals surface area contributed by atoms with Gasteiger partial charge in [-0.25, -0.2) is 9.78 Å². The number of hydrogen-bond acceptors (Lipinski definition) is 5. The van der Waals surface area contributed by atoms with Gasteiger partial charge in [-0.2, -0.15) is 0 Å². The SMILES string of the molecule is CNC(=O)c1ccc(N2CC3(CN(C(=O)OC(C)(C)C)C3)C2)nc1. The number of amides is 2. The monoisotopic (exact) mass is 332 g/mol. The summed E-state index contributed by atoms with van der Waals surface area (Å²) < 4.78 is 5.38. The number of rotatable bonds is 2. The van der Waals surface area contributed by atoms with Gasteiger partial charge in [-0.15, -0.1) is 0 Å². The number of likely N-dealkylation sites (tertiary alicyclic amines) is 1. The van der Waals surface area contributed by atoms with Gasteiger partial charge in [0.05, 0.1) is 5.56 Å². The van der Waals surface area contributed by atoms with Crippen molar-refractivity contribution in [1.29, 1.82) is 0 Å². The van der Waals surface area contributed by atoms with Crippen LogP contribution in [-0.4, -0.2) is 60.7 Å². The van der Waals surface area contributed by atoms with Gasteiger partial charge in [0.1, 0.15) is 11.4 Å². The highest BCUT2D eigenvalue weighted by Gasteiger charge is 2.54. The zero-order valence-electron chi connectivity index (χ0n) is 14.6. The zero-order valence-corrected chi connectivity index (χ0v) is 14.6. The molecule has 3 rings (SSSR count). The molecule has 1 aromatic heterocycles. The third kappa shape index (κ3) is 3.16. The Hall–Kier alpha value is -2.31. The number of pyridine rings is 1. The predicted octanol–water partition coefficient (Wildman–Crippen LogP) is 1.50. The van der Waals surface area contributed by atoms with Crippen LogP contribution in [0.25, 0.3) is 0 Å². The second-order valence-electron chi connectivity index (χ2n) is 7.68. The minimum Gasteiger partial charge on any atom is -0.444 e. The number of hydrogen-bond donors (Lipinski definition) is 1. The summed E-state index contributed by atoms with van der Waals surface area (Å²) in [5.74, 6) is 0.727. The summed E-state index contributed by atoms with van der Waals surface area (Å²) in [4.78, 5) is 31.8. The van der Waals surface area contributed by atoms with Gasteiger partial charge in [0, 0.05) is 44.8 Å². The standard InChI is InChI=1S/C17H24N4O3/c1-16(2,3)24-15(23)21-10-17(11-21)8-20(9-17)13-6-5-12(7-19-13)14(22)18-4/h5-7H,8-11H2,1-4H3,(H,18,22). The number of aromatic nitrogens is 1. The molecule has 7 heteroatoms. The first-order chi connectivity index (χ1) is 11.2. The Kier molecular flexibility index (Phi) is 3.89. The smallest absolute Gasteiger partial charge is 0.410 e. The fourth-order valence-electron chi connectivity index (χ4n) is 3.20. The van der Waals surface area contributed by atoms with E-state index in [2.05, 4.69) is 15.2 Å². The van der Waals surface area contributed by atoms with Crippen molar-refractivity contribution in [2.75, 3.05) is 38.1 Å². The van der Waals surface area contributed by atoms with E-state index in [9.17, 15) is 9.59 Å². The molecule has 3 heterocycles. The maximum atomic E-state index is 12.0. The maximum absolute atomic E-state index is 12.0. The van der Waals surface area contributed by atoms with Crippen molar-refractivity contribution in [3.63, 3.8) is 0 Å². The van der Waals surface area contributed by atoms with Crippen LogP contribution < -0.4 is 10.2 Å². The summed E-state index contributed by atoms with van der Waals surface area (Å²) >= 11 is 0. The molecule has 130 valence electrons. The van der Waals surface area contributed by atoms with E-state index >= 15 is 0 Å². The second kappa shape index (κ2) is 5.65. The Bertz CT molecular complexity index is 637. The first-order valence-electron chi connectivity index (χ1n) is 8.12. The van der Waals surface area contributed by atoms with Gasteiger partial charge in [-0.05, 0) is 32.9 Å². The van der Waals surface area contributed by atoms with Crippen LogP contribution in [0.3, 0.4) is 0 Å². The Labute approximate surface area is 142 Å². The highest BCUT2D eigenvalue weighted by atomic mass is 16.6. The average molecular weight is 332 g/mol. The van der Waals surface area contributed by atoms with E-state index in [1.54, 1.807) is 24.2 Å². The second-order valence-corrected chi connectivity index (χ2v) is 7.68. The molecule has 2 fully saturated rings. The van der Waals surface area contributed by atoms with Gasteiger partial charge in [-0.1, -0.05) is 0 Å². The van der Waals surface area contributed by atoms with E-state index in [0.717, 1.165) is 32.0 Å². The van der Waals surface area contributed by atoms with E-state index in [1.165, 1.54) is 0 Å². The van der Waals surface area contributed by atoms with E-state index in [1.807, 2.05) is 26.8 Å². The van der Waals surface area contributed by atoms with Crippen LogP contribution in [0.2, 0.25) is 0 Å². The lowest BCUT2D eigenvalue weighted by Crippen LogP contribution is -2.73. The van der Waals surface area contributed by atoms with Gasteiger partial charge in [0.2, 0.25) is 0 Å². The van der Waals surface area contributed by atoms with Crippen LogP contribution in [0, 0.1) is 5.41 Å². The molecule has 0 aromatic carbocycles. The number of carbonyl (C=O) groups excluding carboxylic acids is 2. The topological polar surface area (TPSA) is 74.8 Å². The molecule has 0 bridgehead atoms. The molecule has 24 heavy (non-hydrogen) atoms. The summed E-state index contributed by atoms with van der Waals surface area (Å²) in [5.41, 5.74) is 0.260.